The zero-order chi connectivity index (χ0) is 18.1. The summed E-state index contributed by atoms with van der Waals surface area (Å²) < 4.78 is 11.9. The van der Waals surface area contributed by atoms with Crippen molar-refractivity contribution < 1.29 is 14.3 Å². The van der Waals surface area contributed by atoms with Gasteiger partial charge in [-0.3, -0.25) is 9.78 Å². The SMILES string of the molecule is Cc1cc(C(=O)N2CC3(C2)OCC[C@H]3COc2ccccn2)cc(C)n1. The molecule has 4 heterocycles. The molecule has 4 rings (SSSR count). The summed E-state index contributed by atoms with van der Waals surface area (Å²) in [5, 5.41) is 0. The summed E-state index contributed by atoms with van der Waals surface area (Å²) in [6, 6.07) is 9.32. The molecule has 0 radical (unpaired) electrons. The van der Waals surface area contributed by atoms with Crippen molar-refractivity contribution in [2.75, 3.05) is 26.3 Å². The van der Waals surface area contributed by atoms with Crippen molar-refractivity contribution in [3.63, 3.8) is 0 Å². The van der Waals surface area contributed by atoms with Gasteiger partial charge in [0, 0.05) is 41.7 Å². The van der Waals surface area contributed by atoms with Crippen molar-refractivity contribution in [1.82, 2.24) is 14.9 Å². The smallest absolute Gasteiger partial charge is 0.254 e. The van der Waals surface area contributed by atoms with Crippen LogP contribution in [0.15, 0.2) is 36.5 Å². The number of ether oxygens (including phenoxy) is 2. The van der Waals surface area contributed by atoms with Crippen molar-refractivity contribution in [1.29, 1.82) is 0 Å². The summed E-state index contributed by atoms with van der Waals surface area (Å²) in [4.78, 5) is 23.1. The number of pyridine rings is 2. The van der Waals surface area contributed by atoms with E-state index in [1.165, 1.54) is 0 Å². The number of hydrogen-bond donors (Lipinski definition) is 0. The number of aromatic nitrogens is 2. The molecular formula is C20H23N3O3. The Balaban J connectivity index is 1.39. The molecule has 0 bridgehead atoms. The van der Waals surface area contributed by atoms with Crippen molar-refractivity contribution in [2.24, 2.45) is 5.92 Å². The molecule has 6 heteroatoms. The Labute approximate surface area is 153 Å². The van der Waals surface area contributed by atoms with Crippen molar-refractivity contribution in [3.05, 3.63) is 53.5 Å². The van der Waals surface area contributed by atoms with Gasteiger partial charge in [-0.05, 0) is 38.5 Å². The number of hydrogen-bond acceptors (Lipinski definition) is 5. The largest absolute Gasteiger partial charge is 0.477 e. The molecule has 0 aliphatic carbocycles. The lowest BCUT2D eigenvalue weighted by Gasteiger charge is -2.50. The van der Waals surface area contributed by atoms with E-state index in [0.29, 0.717) is 37.7 Å². The zero-order valence-corrected chi connectivity index (χ0v) is 15.1. The molecule has 2 aliphatic rings. The van der Waals surface area contributed by atoms with Crippen LogP contribution in [0.1, 0.15) is 28.2 Å². The number of carbonyl (C=O) groups is 1. The van der Waals surface area contributed by atoms with Crippen molar-refractivity contribution >= 4 is 5.91 Å². The van der Waals surface area contributed by atoms with E-state index < -0.39 is 0 Å². The van der Waals surface area contributed by atoms with Gasteiger partial charge in [-0.15, -0.1) is 0 Å². The Kier molecular flexibility index (Phi) is 4.36. The predicted octanol–water partition coefficient (Wildman–Crippen LogP) is 2.40. The average Bonchev–Trinajstić information content (AvgIpc) is 3.02. The number of nitrogens with zero attached hydrogens (tertiary/aromatic N) is 3. The maximum Gasteiger partial charge on any atom is 0.254 e. The lowest BCUT2D eigenvalue weighted by Crippen LogP contribution is -2.66. The Morgan fingerprint density at radius 1 is 1.31 bits per heavy atom. The minimum Gasteiger partial charge on any atom is -0.477 e. The first-order chi connectivity index (χ1) is 12.6. The molecule has 2 aromatic rings. The van der Waals surface area contributed by atoms with Crippen molar-refractivity contribution in [2.45, 2.75) is 25.9 Å². The van der Waals surface area contributed by atoms with Gasteiger partial charge in [-0.2, -0.15) is 0 Å². The molecule has 0 N–H and O–H groups in total. The highest BCUT2D eigenvalue weighted by molar-refractivity contribution is 5.95. The Bertz CT molecular complexity index is 783. The van der Waals surface area contributed by atoms with Crippen LogP contribution in [0.4, 0.5) is 0 Å². The van der Waals surface area contributed by atoms with E-state index in [1.807, 2.05) is 49.1 Å². The van der Waals surface area contributed by atoms with Crippen LogP contribution in [-0.4, -0.2) is 52.7 Å². The normalized spacial score (nSPS) is 20.8. The summed E-state index contributed by atoms with van der Waals surface area (Å²) in [7, 11) is 0. The highest BCUT2D eigenvalue weighted by Gasteiger charge is 2.54. The molecule has 2 fully saturated rings. The van der Waals surface area contributed by atoms with E-state index >= 15 is 0 Å². The number of amides is 1. The van der Waals surface area contributed by atoms with Gasteiger partial charge in [0.1, 0.15) is 5.60 Å². The lowest BCUT2D eigenvalue weighted by atomic mass is 9.81. The zero-order valence-electron chi connectivity index (χ0n) is 15.1. The number of rotatable bonds is 4. The van der Waals surface area contributed by atoms with Crippen LogP contribution in [0.3, 0.4) is 0 Å². The van der Waals surface area contributed by atoms with Crippen molar-refractivity contribution in [3.8, 4) is 5.88 Å². The van der Waals surface area contributed by atoms with Crippen LogP contribution in [0.25, 0.3) is 0 Å². The summed E-state index contributed by atoms with van der Waals surface area (Å²) in [5.41, 5.74) is 2.15. The van der Waals surface area contributed by atoms with Gasteiger partial charge in [0.2, 0.25) is 5.88 Å². The number of aryl methyl sites for hydroxylation is 2. The second-order valence-corrected chi connectivity index (χ2v) is 7.18. The molecule has 1 spiro atoms. The number of carbonyl (C=O) groups excluding carboxylic acids is 1. The van der Waals surface area contributed by atoms with E-state index in [9.17, 15) is 4.79 Å². The summed E-state index contributed by atoms with van der Waals surface area (Å²) >= 11 is 0. The van der Waals surface area contributed by atoms with Crippen LogP contribution in [0.2, 0.25) is 0 Å². The van der Waals surface area contributed by atoms with Gasteiger partial charge in [0.15, 0.2) is 0 Å². The van der Waals surface area contributed by atoms with E-state index in [1.54, 1.807) is 6.20 Å². The highest BCUT2D eigenvalue weighted by atomic mass is 16.5. The molecule has 136 valence electrons. The van der Waals surface area contributed by atoms with Gasteiger partial charge in [0.05, 0.1) is 19.7 Å². The molecular weight excluding hydrogens is 330 g/mol. The standard InChI is InChI=1S/C20H23N3O3/c1-14-9-16(10-15(2)22-14)19(24)23-12-20(13-23)17(6-8-26-20)11-25-18-5-3-4-7-21-18/h3-5,7,9-10,17H,6,8,11-13H2,1-2H3/t17-/m0/s1. The third kappa shape index (κ3) is 3.17. The molecule has 26 heavy (non-hydrogen) atoms. The molecule has 0 unspecified atom stereocenters. The Morgan fingerprint density at radius 2 is 2.08 bits per heavy atom. The Hall–Kier alpha value is -2.47. The molecule has 1 atom stereocenters. The highest BCUT2D eigenvalue weighted by Crippen LogP contribution is 2.40. The maximum absolute atomic E-state index is 12.8. The fraction of sp³-hybridized carbons (Fsp3) is 0.450. The second-order valence-electron chi connectivity index (χ2n) is 7.18. The fourth-order valence-electron chi connectivity index (χ4n) is 3.87. The second kappa shape index (κ2) is 6.68. The molecule has 6 nitrogen and oxygen atoms in total. The van der Waals surface area contributed by atoms with Gasteiger partial charge < -0.3 is 14.4 Å². The minimum absolute atomic E-state index is 0.0455. The first kappa shape index (κ1) is 17.0. The topological polar surface area (TPSA) is 64.6 Å². The molecule has 1 amide bonds. The Morgan fingerprint density at radius 3 is 2.77 bits per heavy atom. The minimum atomic E-state index is -0.276. The van der Waals surface area contributed by atoms with Gasteiger partial charge in [0.25, 0.3) is 5.91 Å². The third-order valence-electron chi connectivity index (χ3n) is 5.20. The maximum atomic E-state index is 12.8. The van der Waals surface area contributed by atoms with E-state index in [2.05, 4.69) is 9.97 Å². The monoisotopic (exact) mass is 353 g/mol. The molecule has 2 aliphatic heterocycles. The van der Waals surface area contributed by atoms with Gasteiger partial charge in [-0.25, -0.2) is 4.98 Å². The van der Waals surface area contributed by atoms with Crippen LogP contribution < -0.4 is 4.74 Å². The third-order valence-corrected chi connectivity index (χ3v) is 5.20. The quantitative estimate of drug-likeness (QED) is 0.844. The van der Waals surface area contributed by atoms with E-state index in [0.717, 1.165) is 17.8 Å². The summed E-state index contributed by atoms with van der Waals surface area (Å²) in [5.74, 6) is 0.947. The first-order valence-corrected chi connectivity index (χ1v) is 8.98. The predicted molar refractivity (Wildman–Crippen MR) is 96.1 cm³/mol. The van der Waals surface area contributed by atoms with Crippen LogP contribution in [0.5, 0.6) is 5.88 Å². The van der Waals surface area contributed by atoms with Crippen LogP contribution >= 0.6 is 0 Å². The average molecular weight is 353 g/mol. The van der Waals surface area contributed by atoms with Crippen LogP contribution in [-0.2, 0) is 4.74 Å². The summed E-state index contributed by atoms with van der Waals surface area (Å²) in [6.45, 7) is 6.32. The first-order valence-electron chi connectivity index (χ1n) is 8.98. The fourth-order valence-corrected chi connectivity index (χ4v) is 3.87. The number of likely N-dealkylation sites (tertiary alicyclic amines) is 1. The van der Waals surface area contributed by atoms with Crippen LogP contribution in [0, 0.1) is 19.8 Å². The molecule has 0 saturated carbocycles. The molecule has 2 saturated heterocycles. The van der Waals surface area contributed by atoms with Gasteiger partial charge in [-0.1, -0.05) is 6.07 Å². The van der Waals surface area contributed by atoms with E-state index in [4.69, 9.17) is 9.47 Å². The molecule has 2 aromatic heterocycles. The molecule has 0 aromatic carbocycles. The lowest BCUT2D eigenvalue weighted by molar-refractivity contribution is -0.122. The van der Waals surface area contributed by atoms with E-state index in [-0.39, 0.29) is 17.4 Å². The van der Waals surface area contributed by atoms with Gasteiger partial charge >= 0.3 is 0 Å². The summed E-state index contributed by atoms with van der Waals surface area (Å²) in [6.07, 6.45) is 2.67.